The van der Waals surface area contributed by atoms with E-state index in [1.165, 1.54) is 0 Å². The second-order valence-corrected chi connectivity index (χ2v) is 9.89. The zero-order valence-corrected chi connectivity index (χ0v) is 26.1. The molecule has 2 saturated carbocycles. The fraction of sp³-hybridized carbons (Fsp3) is 0.857. The molecular formula is C28H50N2O4Zn+2. The van der Waals surface area contributed by atoms with Crippen LogP contribution in [0.3, 0.4) is 0 Å². The predicted molar refractivity (Wildman–Crippen MR) is 137 cm³/mol. The van der Waals surface area contributed by atoms with E-state index in [1.807, 2.05) is 9.80 Å². The molecule has 0 spiro atoms. The first-order valence-electron chi connectivity index (χ1n) is 14.0. The Bertz CT molecular complexity index is 570. The molecule has 2 unspecified atom stereocenters. The molecule has 0 aromatic rings. The van der Waals surface area contributed by atoms with Crippen molar-refractivity contribution >= 4 is 23.4 Å². The number of carbonyl (C=O) groups excluding carboxylic acids is 4. The maximum atomic E-state index is 12.3. The van der Waals surface area contributed by atoms with E-state index in [4.69, 9.17) is 0 Å². The van der Waals surface area contributed by atoms with Crippen LogP contribution in [0.4, 0.5) is 0 Å². The number of nitrogens with zero attached hydrogens (tertiary/aromatic N) is 2. The molecule has 6 nitrogen and oxygen atoms in total. The summed E-state index contributed by atoms with van der Waals surface area (Å²) in [5.41, 5.74) is 0. The summed E-state index contributed by atoms with van der Waals surface area (Å²) in [6.45, 7) is 11.8. The molecule has 2 amide bonds. The Morgan fingerprint density at radius 2 is 0.914 bits per heavy atom. The summed E-state index contributed by atoms with van der Waals surface area (Å²) in [5.74, 6) is -0.128. The predicted octanol–water partition coefficient (Wildman–Crippen LogP) is 5.57. The molecule has 0 aliphatic heterocycles. The van der Waals surface area contributed by atoms with Crippen molar-refractivity contribution in [3.8, 4) is 0 Å². The minimum atomic E-state index is -0.316. The Morgan fingerprint density at radius 1 is 0.629 bits per heavy atom. The summed E-state index contributed by atoms with van der Waals surface area (Å²) in [5, 5.41) is 0. The Kier molecular flexibility index (Phi) is 19.4. The maximum absolute atomic E-state index is 12.3. The van der Waals surface area contributed by atoms with E-state index in [9.17, 15) is 19.2 Å². The molecule has 2 fully saturated rings. The van der Waals surface area contributed by atoms with Crippen LogP contribution in [-0.2, 0) is 38.7 Å². The van der Waals surface area contributed by atoms with Gasteiger partial charge in [-0.05, 0) is 51.4 Å². The standard InChI is InChI=1S/2C14H25NO2.Zn/c2*1-3-5-10-15(11-6-4-2)14(17)12-8-7-9-13(12)16;/h2*12H,3-11H2,1-2H3;/q;;+2. The van der Waals surface area contributed by atoms with Crippen LogP contribution in [0.1, 0.15) is 118 Å². The van der Waals surface area contributed by atoms with E-state index in [-0.39, 0.29) is 54.7 Å². The minimum absolute atomic E-state index is 0. The van der Waals surface area contributed by atoms with E-state index in [0.29, 0.717) is 12.8 Å². The summed E-state index contributed by atoms with van der Waals surface area (Å²) >= 11 is 0. The second kappa shape index (κ2) is 20.0. The van der Waals surface area contributed by atoms with Crippen LogP contribution in [0.2, 0.25) is 0 Å². The van der Waals surface area contributed by atoms with Crippen molar-refractivity contribution in [1.29, 1.82) is 0 Å². The number of Topliss-reactive ketones (excluding diaryl/α,β-unsaturated/α-hetero) is 2. The van der Waals surface area contributed by atoms with Crippen LogP contribution in [0.15, 0.2) is 0 Å². The summed E-state index contributed by atoms with van der Waals surface area (Å²) in [6, 6.07) is 0. The number of hydrogen-bond donors (Lipinski definition) is 0. The van der Waals surface area contributed by atoms with Crippen LogP contribution in [0, 0.1) is 11.8 Å². The third kappa shape index (κ3) is 12.1. The Hall–Kier alpha value is -1.10. The van der Waals surface area contributed by atoms with Gasteiger partial charge < -0.3 is 9.80 Å². The van der Waals surface area contributed by atoms with Crippen molar-refractivity contribution in [3.05, 3.63) is 0 Å². The summed E-state index contributed by atoms with van der Waals surface area (Å²) < 4.78 is 0. The molecule has 2 rings (SSSR count). The zero-order valence-electron chi connectivity index (χ0n) is 23.1. The van der Waals surface area contributed by atoms with Gasteiger partial charge >= 0.3 is 19.5 Å². The van der Waals surface area contributed by atoms with Crippen molar-refractivity contribution in [2.45, 2.75) is 118 Å². The smallest absolute Gasteiger partial charge is 0.342 e. The topological polar surface area (TPSA) is 74.8 Å². The molecule has 0 heterocycles. The van der Waals surface area contributed by atoms with Gasteiger partial charge in [0.05, 0.1) is 11.8 Å². The van der Waals surface area contributed by atoms with Crippen molar-refractivity contribution in [1.82, 2.24) is 9.80 Å². The molecule has 196 valence electrons. The Labute approximate surface area is 227 Å². The van der Waals surface area contributed by atoms with Crippen molar-refractivity contribution in [2.24, 2.45) is 11.8 Å². The van der Waals surface area contributed by atoms with Crippen molar-refractivity contribution in [3.63, 3.8) is 0 Å². The van der Waals surface area contributed by atoms with Gasteiger partial charge in [0.1, 0.15) is 11.6 Å². The molecule has 2 atom stereocenters. The van der Waals surface area contributed by atoms with Gasteiger partial charge in [-0.2, -0.15) is 0 Å². The first-order chi connectivity index (χ1) is 16.4. The minimum Gasteiger partial charge on any atom is -0.342 e. The van der Waals surface area contributed by atoms with Gasteiger partial charge in [-0.15, -0.1) is 0 Å². The van der Waals surface area contributed by atoms with Gasteiger partial charge in [-0.25, -0.2) is 0 Å². The van der Waals surface area contributed by atoms with Gasteiger partial charge in [0, 0.05) is 39.0 Å². The molecule has 2 aliphatic carbocycles. The number of ketones is 2. The fourth-order valence-electron chi connectivity index (χ4n) is 4.65. The number of rotatable bonds is 14. The Balaban J connectivity index is 0.000000642. The summed E-state index contributed by atoms with van der Waals surface area (Å²) in [4.78, 5) is 51.6. The van der Waals surface area contributed by atoms with Crippen LogP contribution in [0.25, 0.3) is 0 Å². The number of carbonyl (C=O) groups is 4. The van der Waals surface area contributed by atoms with E-state index in [2.05, 4.69) is 27.7 Å². The SMILES string of the molecule is CCCCN(CCCC)C(=O)C1CCCC1=O.CCCCN(CCCC)C(=O)C1CCCC1=O.[Zn+2]. The number of unbranched alkanes of at least 4 members (excludes halogenated alkanes) is 4. The summed E-state index contributed by atoms with van der Waals surface area (Å²) in [6.07, 6.45) is 13.1. The van der Waals surface area contributed by atoms with Gasteiger partial charge in [0.15, 0.2) is 0 Å². The molecule has 0 radical (unpaired) electrons. The molecule has 0 saturated heterocycles. The molecule has 0 N–H and O–H groups in total. The zero-order chi connectivity index (χ0) is 25.3. The average Bonchev–Trinajstić information content (AvgIpc) is 3.46. The third-order valence-electron chi connectivity index (χ3n) is 6.96. The average molecular weight is 544 g/mol. The van der Waals surface area contributed by atoms with Gasteiger partial charge in [0.25, 0.3) is 0 Å². The van der Waals surface area contributed by atoms with Gasteiger partial charge in [-0.1, -0.05) is 53.4 Å². The largest absolute Gasteiger partial charge is 2.00 e. The van der Waals surface area contributed by atoms with E-state index in [0.717, 1.165) is 103 Å². The molecule has 7 heteroatoms. The maximum Gasteiger partial charge on any atom is 2.00 e. The molecule has 0 bridgehead atoms. The van der Waals surface area contributed by atoms with E-state index >= 15 is 0 Å². The summed E-state index contributed by atoms with van der Waals surface area (Å²) in [7, 11) is 0. The molecular weight excluding hydrogens is 494 g/mol. The number of amides is 2. The van der Waals surface area contributed by atoms with Crippen LogP contribution in [0.5, 0.6) is 0 Å². The molecule has 35 heavy (non-hydrogen) atoms. The number of hydrogen-bond acceptors (Lipinski definition) is 4. The molecule has 0 aromatic carbocycles. The van der Waals surface area contributed by atoms with E-state index in [1.54, 1.807) is 0 Å². The first kappa shape index (κ1) is 33.9. The van der Waals surface area contributed by atoms with Crippen LogP contribution < -0.4 is 0 Å². The Morgan fingerprint density at radius 3 is 1.11 bits per heavy atom. The van der Waals surface area contributed by atoms with Crippen LogP contribution in [-0.4, -0.2) is 59.4 Å². The van der Waals surface area contributed by atoms with Crippen molar-refractivity contribution in [2.75, 3.05) is 26.2 Å². The molecule has 0 aromatic heterocycles. The quantitative estimate of drug-likeness (QED) is 0.212. The van der Waals surface area contributed by atoms with E-state index < -0.39 is 0 Å². The van der Waals surface area contributed by atoms with Crippen LogP contribution >= 0.6 is 0 Å². The second-order valence-electron chi connectivity index (χ2n) is 9.89. The first-order valence-corrected chi connectivity index (χ1v) is 14.0. The van der Waals surface area contributed by atoms with Gasteiger partial charge in [-0.3, -0.25) is 19.2 Å². The third-order valence-corrected chi connectivity index (χ3v) is 6.96. The fourth-order valence-corrected chi connectivity index (χ4v) is 4.65. The van der Waals surface area contributed by atoms with Crippen molar-refractivity contribution < 1.29 is 38.7 Å². The monoisotopic (exact) mass is 542 g/mol. The molecule has 2 aliphatic rings. The van der Waals surface area contributed by atoms with Gasteiger partial charge in [0.2, 0.25) is 11.8 Å². The normalized spacial score (nSPS) is 19.1.